The second-order valence-electron chi connectivity index (χ2n) is 5.09. The van der Waals surface area contributed by atoms with Gasteiger partial charge in [0.2, 0.25) is 0 Å². The summed E-state index contributed by atoms with van der Waals surface area (Å²) in [5.74, 6) is -19.5. The van der Waals surface area contributed by atoms with E-state index < -0.39 is 60.2 Å². The number of halogens is 17. The fourth-order valence-electron chi connectivity index (χ4n) is 1.63. The number of carbonyl (C=O) groups is 1. The molecule has 0 fully saturated rings. The van der Waals surface area contributed by atoms with Crippen LogP contribution in [0.1, 0.15) is 0 Å². The van der Waals surface area contributed by atoms with Crippen molar-refractivity contribution >= 4 is 5.97 Å². The van der Waals surface area contributed by atoms with Crippen LogP contribution in [0.25, 0.3) is 0 Å². The van der Waals surface area contributed by atoms with Gasteiger partial charge in [-0.05, 0) is 0 Å². The fraction of sp³-hybridized carbons (Fsp3) is 0.727. The van der Waals surface area contributed by atoms with Crippen molar-refractivity contribution in [1.29, 1.82) is 0 Å². The zero-order chi connectivity index (χ0) is 25.7. The van der Waals surface area contributed by atoms with Gasteiger partial charge in [0.15, 0.2) is 0 Å². The maximum atomic E-state index is 14.2. The number of ether oxygens (including phenoxy) is 2. The third-order valence-electron chi connectivity index (χ3n) is 3.03. The summed E-state index contributed by atoms with van der Waals surface area (Å²) in [6.45, 7) is 2.13. The van der Waals surface area contributed by atoms with Gasteiger partial charge in [0.05, 0.1) is 0 Å². The van der Waals surface area contributed by atoms with Crippen LogP contribution in [-0.2, 0) is 14.3 Å². The molecule has 0 aromatic heterocycles. The van der Waals surface area contributed by atoms with Gasteiger partial charge >= 0.3 is 54.2 Å². The van der Waals surface area contributed by atoms with E-state index in [4.69, 9.17) is 0 Å². The minimum Gasteiger partial charge on any atom is -0.431 e. The summed E-state index contributed by atoms with van der Waals surface area (Å²) in [5, 5.41) is 0. The van der Waals surface area contributed by atoms with E-state index in [1.54, 1.807) is 0 Å². The van der Waals surface area contributed by atoms with E-state index in [9.17, 15) is 79.4 Å². The van der Waals surface area contributed by atoms with Crippen LogP contribution in [0.3, 0.4) is 0 Å². The summed E-state index contributed by atoms with van der Waals surface area (Å²) >= 11 is 0. The molecule has 0 radical (unpaired) electrons. The molecule has 31 heavy (non-hydrogen) atoms. The van der Waals surface area contributed by atoms with Gasteiger partial charge in [-0.15, -0.1) is 0 Å². The van der Waals surface area contributed by atoms with Crippen LogP contribution in [-0.4, -0.2) is 54.2 Å². The quantitative estimate of drug-likeness (QED) is 0.267. The Labute approximate surface area is 157 Å². The molecule has 0 aliphatic carbocycles. The number of hydrogen-bond acceptors (Lipinski definition) is 3. The molecule has 0 aromatic carbocycles. The standard InChI is InChI=1S/C11H3F17O3/c1-2-3(29)30-4(7(15,16)17,8(18,19)20)6(14,10(24,25)26)31-11(27,28)5(12,13)9(21,22)23/h2H,1H2. The molecule has 0 heterocycles. The molecule has 0 aliphatic rings. The van der Waals surface area contributed by atoms with Crippen LogP contribution in [0.5, 0.6) is 0 Å². The normalized spacial score (nSPS) is 17.2. The molecule has 0 spiro atoms. The number of esters is 1. The fourth-order valence-corrected chi connectivity index (χ4v) is 1.63. The molecule has 0 saturated carbocycles. The Morgan fingerprint density at radius 2 is 0.968 bits per heavy atom. The van der Waals surface area contributed by atoms with Crippen LogP contribution in [0, 0.1) is 0 Å². The number of hydrogen-bond donors (Lipinski definition) is 0. The van der Waals surface area contributed by atoms with Gasteiger partial charge < -0.3 is 4.74 Å². The third-order valence-corrected chi connectivity index (χ3v) is 3.03. The van der Waals surface area contributed by atoms with Crippen LogP contribution < -0.4 is 0 Å². The Hall–Kier alpha value is -2.02. The van der Waals surface area contributed by atoms with E-state index in [0.717, 1.165) is 0 Å². The van der Waals surface area contributed by atoms with Crippen molar-refractivity contribution in [2.45, 2.75) is 48.2 Å². The molecule has 0 saturated heterocycles. The predicted octanol–water partition coefficient (Wildman–Crippen LogP) is 5.61. The Balaban J connectivity index is 7.43. The maximum Gasteiger partial charge on any atom is 0.462 e. The molecule has 184 valence electrons. The topological polar surface area (TPSA) is 35.5 Å². The molecule has 1 atom stereocenters. The van der Waals surface area contributed by atoms with Crippen molar-refractivity contribution in [1.82, 2.24) is 0 Å². The first-order chi connectivity index (χ1) is 13.2. The zero-order valence-electron chi connectivity index (χ0n) is 13.4. The van der Waals surface area contributed by atoms with Gasteiger partial charge in [-0.2, -0.15) is 74.6 Å². The highest BCUT2D eigenvalue weighted by atomic mass is 19.4. The molecule has 1 unspecified atom stereocenters. The van der Waals surface area contributed by atoms with Gasteiger partial charge in [0, 0.05) is 6.08 Å². The highest BCUT2D eigenvalue weighted by Gasteiger charge is 2.94. The van der Waals surface area contributed by atoms with Crippen LogP contribution in [0.2, 0.25) is 0 Å². The Morgan fingerprint density at radius 1 is 0.613 bits per heavy atom. The second-order valence-corrected chi connectivity index (χ2v) is 5.09. The summed E-state index contributed by atoms with van der Waals surface area (Å²) < 4.78 is 222. The average molecular weight is 506 g/mol. The van der Waals surface area contributed by atoms with Crippen LogP contribution >= 0.6 is 0 Å². The Kier molecular flexibility index (Phi) is 7.05. The lowest BCUT2D eigenvalue weighted by molar-refractivity contribution is -0.541. The first-order valence-corrected chi connectivity index (χ1v) is 6.43. The number of alkyl halides is 17. The van der Waals surface area contributed by atoms with Gasteiger partial charge in [0.1, 0.15) is 0 Å². The van der Waals surface area contributed by atoms with Crippen molar-refractivity contribution in [3.63, 3.8) is 0 Å². The first kappa shape index (κ1) is 29.0. The largest absolute Gasteiger partial charge is 0.462 e. The lowest BCUT2D eigenvalue weighted by Gasteiger charge is -2.46. The minimum absolute atomic E-state index is 0.786. The lowest BCUT2D eigenvalue weighted by atomic mass is 9.90. The molecule has 0 N–H and O–H groups in total. The molecule has 0 aliphatic heterocycles. The zero-order valence-corrected chi connectivity index (χ0v) is 13.4. The van der Waals surface area contributed by atoms with Crippen molar-refractivity contribution in [3.8, 4) is 0 Å². The monoisotopic (exact) mass is 506 g/mol. The van der Waals surface area contributed by atoms with E-state index >= 15 is 0 Å². The SMILES string of the molecule is C=CC(=O)OC(C(F)(F)F)(C(F)(F)F)C(F)(OC(F)(F)C(F)(F)C(F)(F)F)C(F)(F)F. The molecular weight excluding hydrogens is 503 g/mol. The van der Waals surface area contributed by atoms with E-state index in [0.29, 0.717) is 0 Å². The third kappa shape index (κ3) is 4.47. The second kappa shape index (κ2) is 7.54. The highest BCUT2D eigenvalue weighted by Crippen LogP contribution is 2.62. The van der Waals surface area contributed by atoms with Crippen LogP contribution in [0.15, 0.2) is 12.7 Å². The molecule has 0 aromatic rings. The summed E-state index contributed by atoms with van der Waals surface area (Å²) in [5.41, 5.74) is -7.93. The van der Waals surface area contributed by atoms with Gasteiger partial charge in [-0.1, -0.05) is 6.58 Å². The van der Waals surface area contributed by atoms with E-state index in [-0.39, 0.29) is 0 Å². The summed E-state index contributed by atoms with van der Waals surface area (Å²) in [4.78, 5) is 10.8. The van der Waals surface area contributed by atoms with Crippen molar-refractivity contribution in [3.05, 3.63) is 12.7 Å². The Bertz CT molecular complexity index is 667. The Morgan fingerprint density at radius 3 is 1.19 bits per heavy atom. The highest BCUT2D eigenvalue weighted by molar-refractivity contribution is 5.81. The minimum atomic E-state index is -8.31. The smallest absolute Gasteiger partial charge is 0.431 e. The van der Waals surface area contributed by atoms with Crippen molar-refractivity contribution in [2.75, 3.05) is 0 Å². The number of carbonyl (C=O) groups excluding carboxylic acids is 1. The van der Waals surface area contributed by atoms with Gasteiger partial charge in [-0.25, -0.2) is 4.79 Å². The maximum absolute atomic E-state index is 14.2. The summed E-state index contributed by atoms with van der Waals surface area (Å²) in [6.07, 6.45) is -40.7. The van der Waals surface area contributed by atoms with Gasteiger partial charge in [-0.3, -0.25) is 4.74 Å². The number of rotatable bonds is 6. The van der Waals surface area contributed by atoms with E-state index in [1.807, 2.05) is 0 Å². The van der Waals surface area contributed by atoms with Gasteiger partial charge in [0.25, 0.3) is 0 Å². The van der Waals surface area contributed by atoms with E-state index in [2.05, 4.69) is 11.3 Å². The first-order valence-electron chi connectivity index (χ1n) is 6.43. The molecule has 3 nitrogen and oxygen atoms in total. The van der Waals surface area contributed by atoms with E-state index in [1.165, 1.54) is 4.74 Å². The summed E-state index contributed by atoms with van der Waals surface area (Å²) in [6, 6.07) is 0. The van der Waals surface area contributed by atoms with Crippen LogP contribution in [0.4, 0.5) is 74.6 Å². The molecule has 0 amide bonds. The average Bonchev–Trinajstić information content (AvgIpc) is 2.46. The molecule has 0 bridgehead atoms. The molecular formula is C11H3F17O3. The molecule has 20 heteroatoms. The summed E-state index contributed by atoms with van der Waals surface area (Å²) in [7, 11) is 0. The van der Waals surface area contributed by atoms with Crippen molar-refractivity contribution in [2.24, 2.45) is 0 Å². The molecule has 0 rings (SSSR count). The van der Waals surface area contributed by atoms with Crippen molar-refractivity contribution < 1.29 is 88.9 Å². The predicted molar refractivity (Wildman–Crippen MR) is 58.1 cm³/mol. The lowest BCUT2D eigenvalue weighted by Crippen LogP contribution is -2.78.